The van der Waals surface area contributed by atoms with Gasteiger partial charge in [0.1, 0.15) is 0 Å². The highest BCUT2D eigenvalue weighted by Crippen LogP contribution is 2.42. The SMILES string of the molecule is c1ccc(-c2nc(-c3cccc(-n4c5cc6ccccc6cc5c5cccc(-n6c7ccccc7c7c8ccccc8ccc76)c54)c3)nc(-c3ccc4ccccc4c3)n2)cc1. The van der Waals surface area contributed by atoms with E-state index in [9.17, 15) is 0 Å². The van der Waals surface area contributed by atoms with E-state index in [0.717, 1.165) is 44.5 Å². The number of hydrogen-bond acceptors (Lipinski definition) is 3. The Bertz CT molecular complexity index is 3930. The Morgan fingerprint density at radius 2 is 0.871 bits per heavy atom. The highest BCUT2D eigenvalue weighted by molar-refractivity contribution is 6.23. The van der Waals surface area contributed by atoms with E-state index in [0.29, 0.717) is 17.5 Å². The molecule has 0 amide bonds. The number of benzene rings is 10. The summed E-state index contributed by atoms with van der Waals surface area (Å²) in [5, 5.41) is 12.1. The standard InChI is InChI=1S/C57H35N5/c1-2-16-38(17-3-1)55-58-56(60-57(59-55)43-29-28-36-14-4-5-18-39(36)32-43)42-21-12-22-44(33-42)61-52-35-41-20-7-6-19-40(41)34-48(52)46-25-13-27-51(54(46)61)62-49-26-11-10-24-47(49)53-45-23-9-8-15-37(45)30-31-50(53)62/h1-35H. The lowest BCUT2D eigenvalue weighted by Gasteiger charge is -2.15. The monoisotopic (exact) mass is 789 g/mol. The lowest BCUT2D eigenvalue weighted by Crippen LogP contribution is -2.02. The summed E-state index contributed by atoms with van der Waals surface area (Å²) in [5.41, 5.74) is 9.52. The lowest BCUT2D eigenvalue weighted by atomic mass is 10.0. The first-order chi connectivity index (χ1) is 30.7. The van der Waals surface area contributed by atoms with E-state index in [2.05, 4.69) is 203 Å². The Morgan fingerprint density at radius 3 is 1.68 bits per heavy atom. The van der Waals surface area contributed by atoms with Gasteiger partial charge in [-0.1, -0.05) is 164 Å². The molecule has 0 N–H and O–H groups in total. The van der Waals surface area contributed by atoms with Gasteiger partial charge < -0.3 is 9.13 Å². The first-order valence-corrected chi connectivity index (χ1v) is 21.0. The van der Waals surface area contributed by atoms with Gasteiger partial charge in [0, 0.05) is 43.9 Å². The fourth-order valence-corrected chi connectivity index (χ4v) is 9.64. The van der Waals surface area contributed by atoms with Gasteiger partial charge in [-0.05, 0) is 80.8 Å². The minimum absolute atomic E-state index is 0.615. The maximum atomic E-state index is 5.21. The van der Waals surface area contributed by atoms with Gasteiger partial charge in [0.05, 0.1) is 27.8 Å². The molecule has 0 atom stereocenters. The predicted octanol–water partition coefficient (Wildman–Crippen LogP) is 14.5. The summed E-state index contributed by atoms with van der Waals surface area (Å²) in [5.74, 6) is 1.88. The van der Waals surface area contributed by atoms with Gasteiger partial charge in [0.2, 0.25) is 0 Å². The molecule has 5 nitrogen and oxygen atoms in total. The van der Waals surface area contributed by atoms with E-state index in [4.69, 9.17) is 15.0 Å². The van der Waals surface area contributed by atoms with Gasteiger partial charge in [0.25, 0.3) is 0 Å². The van der Waals surface area contributed by atoms with Gasteiger partial charge in [-0.2, -0.15) is 0 Å². The topological polar surface area (TPSA) is 48.5 Å². The second-order valence-electron chi connectivity index (χ2n) is 16.0. The molecule has 62 heavy (non-hydrogen) atoms. The van der Waals surface area contributed by atoms with Crippen molar-refractivity contribution in [1.82, 2.24) is 24.1 Å². The molecule has 0 unspecified atom stereocenters. The molecule has 0 aliphatic heterocycles. The van der Waals surface area contributed by atoms with Crippen LogP contribution in [0.2, 0.25) is 0 Å². The van der Waals surface area contributed by atoms with Gasteiger partial charge >= 0.3 is 0 Å². The molecule has 0 aliphatic rings. The third kappa shape index (κ3) is 5.32. The molecule has 5 heteroatoms. The summed E-state index contributed by atoms with van der Waals surface area (Å²) in [4.78, 5) is 15.4. The van der Waals surface area contributed by atoms with Crippen molar-refractivity contribution in [3.8, 4) is 45.5 Å². The molecule has 10 aromatic carbocycles. The number of nitrogens with zero attached hydrogens (tertiary/aromatic N) is 5. The summed E-state index contributed by atoms with van der Waals surface area (Å²) < 4.78 is 4.91. The van der Waals surface area contributed by atoms with Crippen LogP contribution in [0, 0.1) is 0 Å². The third-order valence-corrected chi connectivity index (χ3v) is 12.5. The number of rotatable bonds is 5. The molecule has 0 radical (unpaired) electrons. The zero-order valence-corrected chi connectivity index (χ0v) is 33.4. The van der Waals surface area contributed by atoms with Crippen LogP contribution in [0.15, 0.2) is 212 Å². The normalized spacial score (nSPS) is 11.9. The zero-order valence-electron chi connectivity index (χ0n) is 33.4. The van der Waals surface area contributed by atoms with Crippen LogP contribution >= 0.6 is 0 Å². The Labute approximate surface area is 356 Å². The Kier molecular flexibility index (Phi) is 7.54. The first-order valence-electron chi connectivity index (χ1n) is 21.0. The van der Waals surface area contributed by atoms with Crippen molar-refractivity contribution in [2.75, 3.05) is 0 Å². The Morgan fingerprint density at radius 1 is 0.290 bits per heavy atom. The number of fused-ring (bicyclic) bond motifs is 10. The molecule has 0 saturated heterocycles. The van der Waals surface area contributed by atoms with Crippen LogP contribution in [-0.4, -0.2) is 24.1 Å². The summed E-state index contributed by atoms with van der Waals surface area (Å²) in [7, 11) is 0. The molecule has 3 heterocycles. The first kappa shape index (κ1) is 34.5. The van der Waals surface area contributed by atoms with Crippen molar-refractivity contribution in [2.24, 2.45) is 0 Å². The van der Waals surface area contributed by atoms with E-state index in [-0.39, 0.29) is 0 Å². The molecule has 13 rings (SSSR count). The molecule has 0 spiro atoms. The summed E-state index contributed by atoms with van der Waals surface area (Å²) in [6, 6.07) is 75.8. The van der Waals surface area contributed by atoms with Crippen LogP contribution in [0.5, 0.6) is 0 Å². The second kappa shape index (κ2) is 13.6. The molecule has 0 bridgehead atoms. The van der Waals surface area contributed by atoms with Crippen molar-refractivity contribution in [3.63, 3.8) is 0 Å². The van der Waals surface area contributed by atoms with Crippen molar-refractivity contribution < 1.29 is 0 Å². The van der Waals surface area contributed by atoms with E-state index in [1.807, 2.05) is 18.2 Å². The second-order valence-corrected chi connectivity index (χ2v) is 16.0. The molecule has 3 aromatic heterocycles. The largest absolute Gasteiger partial charge is 0.307 e. The Hall–Kier alpha value is -8.41. The van der Waals surface area contributed by atoms with E-state index in [1.165, 1.54) is 59.5 Å². The maximum absolute atomic E-state index is 5.21. The molecular weight excluding hydrogens is 755 g/mol. The predicted molar refractivity (Wildman–Crippen MR) is 257 cm³/mol. The van der Waals surface area contributed by atoms with Crippen LogP contribution in [-0.2, 0) is 0 Å². The minimum atomic E-state index is 0.615. The summed E-state index contributed by atoms with van der Waals surface area (Å²) in [6.45, 7) is 0. The van der Waals surface area contributed by atoms with Crippen LogP contribution in [0.3, 0.4) is 0 Å². The quantitative estimate of drug-likeness (QED) is 0.174. The van der Waals surface area contributed by atoms with Crippen molar-refractivity contribution in [1.29, 1.82) is 0 Å². The molecule has 288 valence electrons. The molecule has 0 aliphatic carbocycles. The molecule has 0 fully saturated rings. The average molecular weight is 790 g/mol. The van der Waals surface area contributed by atoms with Gasteiger partial charge in [-0.25, -0.2) is 15.0 Å². The van der Waals surface area contributed by atoms with Crippen molar-refractivity contribution >= 4 is 75.9 Å². The van der Waals surface area contributed by atoms with Gasteiger partial charge in [-0.15, -0.1) is 0 Å². The minimum Gasteiger partial charge on any atom is -0.307 e. The van der Waals surface area contributed by atoms with Crippen molar-refractivity contribution in [3.05, 3.63) is 212 Å². The van der Waals surface area contributed by atoms with Crippen molar-refractivity contribution in [2.45, 2.75) is 0 Å². The maximum Gasteiger partial charge on any atom is 0.164 e. The summed E-state index contributed by atoms with van der Waals surface area (Å²) in [6.07, 6.45) is 0. The summed E-state index contributed by atoms with van der Waals surface area (Å²) >= 11 is 0. The zero-order chi connectivity index (χ0) is 40.7. The average Bonchev–Trinajstić information content (AvgIpc) is 3.86. The van der Waals surface area contributed by atoms with Crippen LogP contribution in [0.1, 0.15) is 0 Å². The molecule has 0 saturated carbocycles. The fourth-order valence-electron chi connectivity index (χ4n) is 9.64. The number of aromatic nitrogens is 5. The third-order valence-electron chi connectivity index (χ3n) is 12.5. The van der Waals surface area contributed by atoms with E-state index < -0.39 is 0 Å². The number of para-hydroxylation sites is 2. The molecular formula is C57H35N5. The van der Waals surface area contributed by atoms with Gasteiger partial charge in [-0.3, -0.25) is 0 Å². The Balaban J connectivity index is 1.09. The van der Waals surface area contributed by atoms with E-state index >= 15 is 0 Å². The van der Waals surface area contributed by atoms with Crippen LogP contribution < -0.4 is 0 Å². The fraction of sp³-hybridized carbons (Fsp3) is 0. The highest BCUT2D eigenvalue weighted by atomic mass is 15.1. The molecule has 13 aromatic rings. The van der Waals surface area contributed by atoms with Crippen LogP contribution in [0.25, 0.3) is 121 Å². The highest BCUT2D eigenvalue weighted by Gasteiger charge is 2.22. The smallest absolute Gasteiger partial charge is 0.164 e. The number of hydrogen-bond donors (Lipinski definition) is 0. The lowest BCUT2D eigenvalue weighted by molar-refractivity contribution is 1.07. The van der Waals surface area contributed by atoms with E-state index in [1.54, 1.807) is 0 Å². The van der Waals surface area contributed by atoms with Gasteiger partial charge in [0.15, 0.2) is 17.5 Å². The van der Waals surface area contributed by atoms with Crippen LogP contribution in [0.4, 0.5) is 0 Å².